The monoisotopic (exact) mass is 302 g/mol. The van der Waals surface area contributed by atoms with Crippen molar-refractivity contribution in [3.8, 4) is 0 Å². The zero-order chi connectivity index (χ0) is 15.5. The second-order valence-electron chi connectivity index (χ2n) is 4.74. The zero-order valence-corrected chi connectivity index (χ0v) is 12.8. The normalized spacial score (nSPS) is 11.7. The van der Waals surface area contributed by atoms with E-state index in [0.29, 0.717) is 5.52 Å². The standard InChI is InChI=1S/C16H18N2O2S/c1-4-9-18(10-5-2)21(19,20)15-8-6-7-14-11-13(3)12-17-16(14)15/h4-8,11-12H,1-2,9-10H2,3H3. The Morgan fingerprint density at radius 1 is 1.24 bits per heavy atom. The summed E-state index contributed by atoms with van der Waals surface area (Å²) in [6, 6.07) is 7.10. The number of hydrogen-bond donors (Lipinski definition) is 0. The fourth-order valence-electron chi connectivity index (χ4n) is 2.15. The lowest BCUT2D eigenvalue weighted by atomic mass is 10.2. The molecule has 21 heavy (non-hydrogen) atoms. The van der Waals surface area contributed by atoms with Crippen LogP contribution in [0.4, 0.5) is 0 Å². The number of sulfonamides is 1. The Labute approximate surface area is 125 Å². The third-order valence-electron chi connectivity index (χ3n) is 3.09. The Morgan fingerprint density at radius 2 is 1.90 bits per heavy atom. The molecule has 0 aliphatic carbocycles. The number of aromatic nitrogens is 1. The molecule has 0 aliphatic heterocycles. The summed E-state index contributed by atoms with van der Waals surface area (Å²) in [5, 5.41) is 0.813. The van der Waals surface area contributed by atoms with Crippen molar-refractivity contribution in [1.29, 1.82) is 0 Å². The molecule has 0 spiro atoms. The molecule has 0 aliphatic rings. The molecule has 0 radical (unpaired) electrons. The molecular formula is C16H18N2O2S. The van der Waals surface area contributed by atoms with Gasteiger partial charge in [0, 0.05) is 24.7 Å². The van der Waals surface area contributed by atoms with E-state index in [0.717, 1.165) is 10.9 Å². The lowest BCUT2D eigenvalue weighted by molar-refractivity contribution is 0.475. The summed E-state index contributed by atoms with van der Waals surface area (Å²) in [4.78, 5) is 4.50. The van der Waals surface area contributed by atoms with Crippen molar-refractivity contribution in [3.05, 3.63) is 61.3 Å². The van der Waals surface area contributed by atoms with E-state index in [4.69, 9.17) is 0 Å². The Balaban J connectivity index is 2.63. The van der Waals surface area contributed by atoms with E-state index in [-0.39, 0.29) is 18.0 Å². The Bertz CT molecular complexity index is 772. The number of nitrogens with zero attached hydrogens (tertiary/aromatic N) is 2. The van der Waals surface area contributed by atoms with Crippen LogP contribution in [0.2, 0.25) is 0 Å². The van der Waals surface area contributed by atoms with Crippen molar-refractivity contribution >= 4 is 20.9 Å². The minimum Gasteiger partial charge on any atom is -0.255 e. The van der Waals surface area contributed by atoms with Gasteiger partial charge in [-0.3, -0.25) is 4.98 Å². The van der Waals surface area contributed by atoms with E-state index < -0.39 is 10.0 Å². The van der Waals surface area contributed by atoms with Gasteiger partial charge < -0.3 is 0 Å². The van der Waals surface area contributed by atoms with Crippen LogP contribution in [-0.2, 0) is 10.0 Å². The first kappa shape index (κ1) is 15.4. The van der Waals surface area contributed by atoms with E-state index >= 15 is 0 Å². The maximum absolute atomic E-state index is 12.8. The van der Waals surface area contributed by atoms with Crippen molar-refractivity contribution in [3.63, 3.8) is 0 Å². The second-order valence-corrected chi connectivity index (χ2v) is 6.65. The maximum Gasteiger partial charge on any atom is 0.245 e. The van der Waals surface area contributed by atoms with Crippen LogP contribution >= 0.6 is 0 Å². The highest BCUT2D eigenvalue weighted by molar-refractivity contribution is 7.89. The number of hydrogen-bond acceptors (Lipinski definition) is 3. The number of benzene rings is 1. The number of rotatable bonds is 6. The van der Waals surface area contributed by atoms with Gasteiger partial charge in [0.2, 0.25) is 10.0 Å². The second kappa shape index (κ2) is 6.20. The highest BCUT2D eigenvalue weighted by atomic mass is 32.2. The van der Waals surface area contributed by atoms with E-state index in [9.17, 15) is 8.42 Å². The molecule has 0 fully saturated rings. The molecule has 1 aromatic carbocycles. The largest absolute Gasteiger partial charge is 0.255 e. The lowest BCUT2D eigenvalue weighted by Crippen LogP contribution is -2.31. The minimum absolute atomic E-state index is 0.212. The van der Waals surface area contributed by atoms with Gasteiger partial charge in [0.15, 0.2) is 0 Å². The molecule has 1 heterocycles. The Hall–Kier alpha value is -1.98. The summed E-state index contributed by atoms with van der Waals surface area (Å²) in [7, 11) is -3.64. The SMILES string of the molecule is C=CCN(CC=C)S(=O)(=O)c1cccc2cc(C)cnc12. The van der Waals surface area contributed by atoms with Crippen LogP contribution in [0.5, 0.6) is 0 Å². The summed E-state index contributed by atoms with van der Waals surface area (Å²) in [6.45, 7) is 9.61. The summed E-state index contributed by atoms with van der Waals surface area (Å²) in [5.41, 5.74) is 1.48. The Kier molecular flexibility index (Phi) is 4.55. The van der Waals surface area contributed by atoms with Gasteiger partial charge in [-0.1, -0.05) is 24.3 Å². The number of fused-ring (bicyclic) bond motifs is 1. The molecule has 4 nitrogen and oxygen atoms in total. The van der Waals surface area contributed by atoms with Crippen LogP contribution in [0.1, 0.15) is 5.56 Å². The molecule has 0 amide bonds. The molecule has 0 atom stereocenters. The van der Waals surface area contributed by atoms with Gasteiger partial charge in [-0.05, 0) is 24.6 Å². The van der Waals surface area contributed by atoms with Gasteiger partial charge in [-0.15, -0.1) is 13.2 Å². The fraction of sp³-hybridized carbons (Fsp3) is 0.188. The molecular weight excluding hydrogens is 284 g/mol. The molecule has 0 saturated carbocycles. The van der Waals surface area contributed by atoms with E-state index in [1.165, 1.54) is 4.31 Å². The molecule has 0 saturated heterocycles. The van der Waals surface area contributed by atoms with Gasteiger partial charge in [0.05, 0.1) is 5.52 Å². The van der Waals surface area contributed by atoms with Crippen LogP contribution in [0.25, 0.3) is 10.9 Å². The topological polar surface area (TPSA) is 50.3 Å². The molecule has 2 rings (SSSR count). The highest BCUT2D eigenvalue weighted by Crippen LogP contribution is 2.24. The van der Waals surface area contributed by atoms with Crippen molar-refractivity contribution in [1.82, 2.24) is 9.29 Å². The van der Waals surface area contributed by atoms with Gasteiger partial charge in [0.1, 0.15) is 4.90 Å². The first-order valence-corrected chi connectivity index (χ1v) is 8.02. The summed E-state index contributed by atoms with van der Waals surface area (Å²) >= 11 is 0. The van der Waals surface area contributed by atoms with E-state index in [1.807, 2.05) is 19.1 Å². The first-order chi connectivity index (χ1) is 10.0. The van der Waals surface area contributed by atoms with Crippen LogP contribution in [-0.4, -0.2) is 30.8 Å². The minimum atomic E-state index is -3.64. The van der Waals surface area contributed by atoms with Crippen molar-refractivity contribution in [2.75, 3.05) is 13.1 Å². The van der Waals surface area contributed by atoms with Crippen LogP contribution < -0.4 is 0 Å². The molecule has 0 bridgehead atoms. The molecule has 0 unspecified atom stereocenters. The van der Waals surface area contributed by atoms with Crippen LogP contribution in [0.15, 0.2) is 60.7 Å². The molecule has 110 valence electrons. The summed E-state index contributed by atoms with van der Waals surface area (Å²) in [5.74, 6) is 0. The fourth-order valence-corrected chi connectivity index (χ4v) is 3.70. The molecule has 0 N–H and O–H groups in total. The Morgan fingerprint density at radius 3 is 2.52 bits per heavy atom. The third-order valence-corrected chi connectivity index (χ3v) is 4.96. The smallest absolute Gasteiger partial charge is 0.245 e. The highest BCUT2D eigenvalue weighted by Gasteiger charge is 2.25. The maximum atomic E-state index is 12.8. The summed E-state index contributed by atoms with van der Waals surface area (Å²) in [6.07, 6.45) is 4.79. The van der Waals surface area contributed by atoms with Gasteiger partial charge >= 0.3 is 0 Å². The predicted octanol–water partition coefficient (Wildman–Crippen LogP) is 2.91. The molecule has 1 aromatic heterocycles. The third kappa shape index (κ3) is 3.04. The van der Waals surface area contributed by atoms with Gasteiger partial charge in [0.25, 0.3) is 0 Å². The number of aryl methyl sites for hydroxylation is 1. The zero-order valence-electron chi connectivity index (χ0n) is 12.0. The summed E-state index contributed by atoms with van der Waals surface area (Å²) < 4.78 is 26.9. The van der Waals surface area contributed by atoms with Crippen LogP contribution in [0.3, 0.4) is 0 Å². The first-order valence-electron chi connectivity index (χ1n) is 6.58. The number of para-hydroxylation sites is 1. The predicted molar refractivity (Wildman–Crippen MR) is 85.6 cm³/mol. The van der Waals surface area contributed by atoms with Crippen molar-refractivity contribution in [2.24, 2.45) is 0 Å². The lowest BCUT2D eigenvalue weighted by Gasteiger charge is -2.19. The van der Waals surface area contributed by atoms with Crippen LogP contribution in [0, 0.1) is 6.92 Å². The number of pyridine rings is 1. The van der Waals surface area contributed by atoms with E-state index in [2.05, 4.69) is 18.1 Å². The molecule has 2 aromatic rings. The van der Waals surface area contributed by atoms with E-state index in [1.54, 1.807) is 30.5 Å². The van der Waals surface area contributed by atoms with Crippen molar-refractivity contribution in [2.45, 2.75) is 11.8 Å². The molecule has 5 heteroatoms. The average Bonchev–Trinajstić information content (AvgIpc) is 2.46. The van der Waals surface area contributed by atoms with Crippen molar-refractivity contribution < 1.29 is 8.42 Å². The quantitative estimate of drug-likeness (QED) is 0.771. The van der Waals surface area contributed by atoms with Gasteiger partial charge in [-0.25, -0.2) is 8.42 Å². The average molecular weight is 302 g/mol. The van der Waals surface area contributed by atoms with Gasteiger partial charge in [-0.2, -0.15) is 4.31 Å².